The second-order valence-electron chi connectivity index (χ2n) is 5.29. The van der Waals surface area contributed by atoms with E-state index >= 15 is 0 Å². The van der Waals surface area contributed by atoms with Crippen molar-refractivity contribution in [3.05, 3.63) is 68.7 Å². The van der Waals surface area contributed by atoms with Crippen LogP contribution in [0.1, 0.15) is 16.7 Å². The lowest BCUT2D eigenvalue weighted by molar-refractivity contribution is -0.120. The van der Waals surface area contributed by atoms with Gasteiger partial charge in [-0.25, -0.2) is 0 Å². The Labute approximate surface area is 137 Å². The number of nitrogens with one attached hydrogen (secondary N) is 1. The van der Waals surface area contributed by atoms with Gasteiger partial charge in [0.05, 0.1) is 6.04 Å². The molecule has 108 valence electrons. The molecule has 0 spiro atoms. The first-order chi connectivity index (χ1) is 10.1. The lowest BCUT2D eigenvalue weighted by Gasteiger charge is -2.25. The van der Waals surface area contributed by atoms with E-state index in [1.165, 1.54) is 11.1 Å². The van der Waals surface area contributed by atoms with Crippen LogP contribution in [0.25, 0.3) is 0 Å². The second-order valence-corrected chi connectivity index (χ2v) is 6.61. The molecule has 0 fully saturated rings. The minimum atomic E-state index is -0.125. The van der Waals surface area contributed by atoms with Crippen LogP contribution in [0.3, 0.4) is 0 Å². The van der Waals surface area contributed by atoms with E-state index < -0.39 is 0 Å². The molecule has 2 aromatic rings. The fraction of sp³-hybridized carbons (Fsp3) is 0.235. The first-order valence-corrected chi connectivity index (χ1v) is 8.07. The molecule has 0 amide bonds. The maximum Gasteiger partial charge on any atom is 0.154 e. The maximum absolute atomic E-state index is 12.5. The molecular formula is C17H15BrClNO. The van der Waals surface area contributed by atoms with Gasteiger partial charge in [-0.15, -0.1) is 0 Å². The van der Waals surface area contributed by atoms with Crippen molar-refractivity contribution in [2.75, 3.05) is 0 Å². The maximum atomic E-state index is 12.5. The number of rotatable bonds is 3. The van der Waals surface area contributed by atoms with Gasteiger partial charge in [-0.2, -0.15) is 0 Å². The molecule has 0 saturated carbocycles. The van der Waals surface area contributed by atoms with Crippen LogP contribution in [0.5, 0.6) is 0 Å². The SMILES string of the molecule is O=C(Cc1ccc(Br)cc1Cl)C1Cc2ccccc2CN1. The van der Waals surface area contributed by atoms with Gasteiger partial charge in [-0.1, -0.05) is 57.9 Å². The van der Waals surface area contributed by atoms with Crippen molar-refractivity contribution in [1.29, 1.82) is 0 Å². The summed E-state index contributed by atoms with van der Waals surface area (Å²) in [5.74, 6) is 0.189. The number of carbonyl (C=O) groups is 1. The predicted octanol–water partition coefficient (Wildman–Crippen LogP) is 3.93. The fourth-order valence-corrected chi connectivity index (χ4v) is 3.40. The van der Waals surface area contributed by atoms with Crippen LogP contribution >= 0.6 is 27.5 Å². The third kappa shape index (κ3) is 3.37. The van der Waals surface area contributed by atoms with Gasteiger partial charge in [-0.3, -0.25) is 4.79 Å². The lowest BCUT2D eigenvalue weighted by Crippen LogP contribution is -2.42. The Balaban J connectivity index is 1.72. The zero-order valence-electron chi connectivity index (χ0n) is 11.4. The van der Waals surface area contributed by atoms with Crippen LogP contribution in [-0.2, 0) is 24.2 Å². The summed E-state index contributed by atoms with van der Waals surface area (Å²) in [4.78, 5) is 12.5. The van der Waals surface area contributed by atoms with Gasteiger partial charge in [0.1, 0.15) is 0 Å². The molecule has 1 heterocycles. The van der Waals surface area contributed by atoms with Crippen molar-refractivity contribution in [2.24, 2.45) is 0 Å². The highest BCUT2D eigenvalue weighted by molar-refractivity contribution is 9.10. The molecular weight excluding hydrogens is 350 g/mol. The summed E-state index contributed by atoms with van der Waals surface area (Å²) in [5.41, 5.74) is 3.42. The Kier molecular flexibility index (Phi) is 4.43. The second kappa shape index (κ2) is 6.30. The van der Waals surface area contributed by atoms with E-state index in [0.717, 1.165) is 23.0 Å². The molecule has 1 aliphatic heterocycles. The van der Waals surface area contributed by atoms with Crippen LogP contribution in [-0.4, -0.2) is 11.8 Å². The summed E-state index contributed by atoms with van der Waals surface area (Å²) in [5, 5.41) is 3.96. The lowest BCUT2D eigenvalue weighted by atomic mass is 9.91. The Morgan fingerprint density at radius 3 is 2.76 bits per heavy atom. The molecule has 1 atom stereocenters. The highest BCUT2D eigenvalue weighted by Crippen LogP contribution is 2.23. The molecule has 3 rings (SSSR count). The molecule has 2 nitrogen and oxygen atoms in total. The van der Waals surface area contributed by atoms with Crippen molar-refractivity contribution in [1.82, 2.24) is 5.32 Å². The third-order valence-electron chi connectivity index (χ3n) is 3.85. The van der Waals surface area contributed by atoms with Gasteiger partial charge in [0.2, 0.25) is 0 Å². The van der Waals surface area contributed by atoms with Crippen molar-refractivity contribution in [3.63, 3.8) is 0 Å². The van der Waals surface area contributed by atoms with Crippen LogP contribution in [0, 0.1) is 0 Å². The zero-order valence-corrected chi connectivity index (χ0v) is 13.7. The monoisotopic (exact) mass is 363 g/mol. The van der Waals surface area contributed by atoms with Crippen molar-refractivity contribution < 1.29 is 4.79 Å². The smallest absolute Gasteiger partial charge is 0.154 e. The van der Waals surface area contributed by atoms with Gasteiger partial charge in [-0.05, 0) is 35.2 Å². The molecule has 1 aliphatic rings. The first-order valence-electron chi connectivity index (χ1n) is 6.90. The molecule has 2 aromatic carbocycles. The van der Waals surface area contributed by atoms with Crippen LogP contribution in [0.15, 0.2) is 46.9 Å². The minimum absolute atomic E-state index is 0.125. The molecule has 0 aliphatic carbocycles. The van der Waals surface area contributed by atoms with Crippen molar-refractivity contribution >= 4 is 33.3 Å². The quantitative estimate of drug-likeness (QED) is 0.894. The molecule has 21 heavy (non-hydrogen) atoms. The highest BCUT2D eigenvalue weighted by atomic mass is 79.9. The third-order valence-corrected chi connectivity index (χ3v) is 4.69. The van der Waals surface area contributed by atoms with Crippen molar-refractivity contribution in [2.45, 2.75) is 25.4 Å². The number of ketones is 1. The molecule has 1 N–H and O–H groups in total. The molecule has 0 aromatic heterocycles. The van der Waals surface area contributed by atoms with E-state index in [9.17, 15) is 4.79 Å². The number of fused-ring (bicyclic) bond motifs is 1. The van der Waals surface area contributed by atoms with Crippen LogP contribution in [0.2, 0.25) is 5.02 Å². The van der Waals surface area contributed by atoms with Gasteiger partial charge in [0, 0.05) is 22.5 Å². The average Bonchev–Trinajstić information content (AvgIpc) is 2.49. The summed E-state index contributed by atoms with van der Waals surface area (Å²) < 4.78 is 0.924. The van der Waals surface area contributed by atoms with Crippen LogP contribution in [0.4, 0.5) is 0 Å². The molecule has 1 unspecified atom stereocenters. The molecule has 4 heteroatoms. The first kappa shape index (κ1) is 14.8. The van der Waals surface area contributed by atoms with Gasteiger partial charge < -0.3 is 5.32 Å². The highest BCUT2D eigenvalue weighted by Gasteiger charge is 2.24. The van der Waals surface area contributed by atoms with E-state index in [2.05, 4.69) is 33.4 Å². The van der Waals surface area contributed by atoms with E-state index in [1.54, 1.807) is 0 Å². The zero-order chi connectivity index (χ0) is 14.8. The Bertz CT molecular complexity index is 686. The number of hydrogen-bond acceptors (Lipinski definition) is 2. The predicted molar refractivity (Wildman–Crippen MR) is 88.6 cm³/mol. The topological polar surface area (TPSA) is 29.1 Å². The van der Waals surface area contributed by atoms with E-state index in [-0.39, 0.29) is 11.8 Å². The van der Waals surface area contributed by atoms with E-state index in [1.807, 2.05) is 30.3 Å². The summed E-state index contributed by atoms with van der Waals surface area (Å²) in [6, 6.07) is 13.8. The van der Waals surface area contributed by atoms with Gasteiger partial charge >= 0.3 is 0 Å². The Hall–Kier alpha value is -1.16. The summed E-state index contributed by atoms with van der Waals surface area (Å²) >= 11 is 9.57. The minimum Gasteiger partial charge on any atom is -0.303 e. The number of benzene rings is 2. The van der Waals surface area contributed by atoms with Crippen LogP contribution < -0.4 is 5.32 Å². The molecule has 0 radical (unpaired) electrons. The van der Waals surface area contributed by atoms with Gasteiger partial charge in [0.25, 0.3) is 0 Å². The fourth-order valence-electron chi connectivity index (χ4n) is 2.66. The molecule has 0 saturated heterocycles. The Morgan fingerprint density at radius 2 is 2.00 bits per heavy atom. The summed E-state index contributed by atoms with van der Waals surface area (Å²) in [6.07, 6.45) is 1.12. The average molecular weight is 365 g/mol. The summed E-state index contributed by atoms with van der Waals surface area (Å²) in [7, 11) is 0. The van der Waals surface area contributed by atoms with Crippen molar-refractivity contribution in [3.8, 4) is 0 Å². The largest absolute Gasteiger partial charge is 0.303 e. The number of carbonyl (C=O) groups excluding carboxylic acids is 1. The molecule has 0 bridgehead atoms. The van der Waals surface area contributed by atoms with E-state index in [4.69, 9.17) is 11.6 Å². The number of halogens is 2. The standard InChI is InChI=1S/C17H15BrClNO/c18-14-6-5-12(15(19)9-14)8-17(21)16-7-11-3-1-2-4-13(11)10-20-16/h1-6,9,16,20H,7-8,10H2. The number of hydrogen-bond donors (Lipinski definition) is 1. The summed E-state index contributed by atoms with van der Waals surface area (Å²) in [6.45, 7) is 0.751. The normalized spacial score (nSPS) is 17.3. The Morgan fingerprint density at radius 1 is 1.24 bits per heavy atom. The number of Topliss-reactive ketones (excluding diaryl/α,β-unsaturated/α-hetero) is 1. The van der Waals surface area contributed by atoms with E-state index in [0.29, 0.717) is 11.4 Å². The van der Waals surface area contributed by atoms with Gasteiger partial charge in [0.15, 0.2) is 5.78 Å².